The van der Waals surface area contributed by atoms with E-state index in [1.54, 1.807) is 36.0 Å². The standard InChI is InChI=1S/C26H25ClN2O5/c1-29-14-19(11-24(31)28-13-17-7-9-20(27)10-8-17)25(32)22-12-21(34-26(22)29)15-33-16-23(30)18-5-3-2-4-6-18/h2-10,12,14,23,30H,11,13,15-16H2,1H3,(H,28,31)/t23-/m1/s1. The maximum atomic E-state index is 13.0. The van der Waals surface area contributed by atoms with Gasteiger partial charge in [-0.1, -0.05) is 54.1 Å². The zero-order valence-electron chi connectivity index (χ0n) is 18.7. The van der Waals surface area contributed by atoms with Crippen LogP contribution in [-0.4, -0.2) is 22.2 Å². The number of aliphatic hydroxyl groups excluding tert-OH is 1. The lowest BCUT2D eigenvalue weighted by Gasteiger charge is -2.10. The molecule has 1 amide bonds. The first-order valence-corrected chi connectivity index (χ1v) is 11.2. The van der Waals surface area contributed by atoms with Gasteiger partial charge in [-0.2, -0.15) is 0 Å². The minimum atomic E-state index is -0.755. The maximum Gasteiger partial charge on any atom is 0.224 e. The zero-order valence-corrected chi connectivity index (χ0v) is 19.4. The molecule has 2 aromatic heterocycles. The highest BCUT2D eigenvalue weighted by molar-refractivity contribution is 6.30. The molecule has 176 valence electrons. The van der Waals surface area contributed by atoms with E-state index < -0.39 is 6.10 Å². The number of hydrogen-bond acceptors (Lipinski definition) is 5. The highest BCUT2D eigenvalue weighted by Gasteiger charge is 2.16. The molecule has 4 rings (SSSR count). The van der Waals surface area contributed by atoms with Gasteiger partial charge in [0.05, 0.1) is 18.4 Å². The molecule has 0 spiro atoms. The molecule has 0 aliphatic rings. The van der Waals surface area contributed by atoms with Crippen molar-refractivity contribution in [3.05, 3.63) is 105 Å². The number of aliphatic hydroxyl groups is 1. The van der Waals surface area contributed by atoms with E-state index >= 15 is 0 Å². The molecule has 0 radical (unpaired) electrons. The van der Waals surface area contributed by atoms with Crippen LogP contribution in [0.3, 0.4) is 0 Å². The number of hydrogen-bond donors (Lipinski definition) is 2. The van der Waals surface area contributed by atoms with Crippen molar-refractivity contribution in [1.82, 2.24) is 9.88 Å². The predicted octanol–water partition coefficient (Wildman–Crippen LogP) is 3.89. The highest BCUT2D eigenvalue weighted by atomic mass is 35.5. The summed E-state index contributed by atoms with van der Waals surface area (Å²) in [7, 11) is 1.75. The van der Waals surface area contributed by atoms with Gasteiger partial charge in [-0.15, -0.1) is 0 Å². The molecule has 2 N–H and O–H groups in total. The number of aryl methyl sites for hydroxylation is 1. The van der Waals surface area contributed by atoms with Crippen molar-refractivity contribution in [2.45, 2.75) is 25.7 Å². The summed E-state index contributed by atoms with van der Waals surface area (Å²) in [6, 6.07) is 18.0. The van der Waals surface area contributed by atoms with Crippen LogP contribution in [0.1, 0.15) is 28.6 Å². The molecule has 4 aromatic rings. The van der Waals surface area contributed by atoms with Crippen LogP contribution >= 0.6 is 11.6 Å². The number of benzene rings is 2. The number of nitrogens with zero attached hydrogens (tertiary/aromatic N) is 1. The van der Waals surface area contributed by atoms with Crippen molar-refractivity contribution in [3.63, 3.8) is 0 Å². The molecule has 8 heteroatoms. The Balaban J connectivity index is 1.39. The molecule has 0 aliphatic heterocycles. The number of halogens is 1. The van der Waals surface area contributed by atoms with Gasteiger partial charge in [0.25, 0.3) is 0 Å². The Morgan fingerprint density at radius 2 is 1.91 bits per heavy atom. The van der Waals surface area contributed by atoms with E-state index in [4.69, 9.17) is 20.8 Å². The minimum absolute atomic E-state index is 0.0452. The van der Waals surface area contributed by atoms with Crippen molar-refractivity contribution in [3.8, 4) is 0 Å². The van der Waals surface area contributed by atoms with Gasteiger partial charge in [0.1, 0.15) is 18.5 Å². The normalized spacial score (nSPS) is 12.1. The van der Waals surface area contributed by atoms with Gasteiger partial charge < -0.3 is 24.1 Å². The van der Waals surface area contributed by atoms with Crippen molar-refractivity contribution >= 4 is 28.6 Å². The summed E-state index contributed by atoms with van der Waals surface area (Å²) in [6.45, 7) is 0.548. The second-order valence-electron chi connectivity index (χ2n) is 8.05. The van der Waals surface area contributed by atoms with Gasteiger partial charge in [0.2, 0.25) is 11.6 Å². The molecule has 0 unspecified atom stereocenters. The van der Waals surface area contributed by atoms with E-state index in [0.29, 0.717) is 34.0 Å². The second-order valence-corrected chi connectivity index (χ2v) is 8.48. The molecular formula is C26H25ClN2O5. The first kappa shape index (κ1) is 23.8. The fourth-order valence-electron chi connectivity index (χ4n) is 3.66. The molecule has 2 heterocycles. The molecule has 0 aliphatic carbocycles. The Kier molecular flexibility index (Phi) is 7.47. The number of furan rings is 1. The first-order chi connectivity index (χ1) is 16.4. The van der Waals surface area contributed by atoms with Gasteiger partial charge in [-0.05, 0) is 29.3 Å². The number of ether oxygens (including phenoxy) is 1. The molecule has 34 heavy (non-hydrogen) atoms. The lowest BCUT2D eigenvalue weighted by molar-refractivity contribution is -0.120. The van der Waals surface area contributed by atoms with Gasteiger partial charge in [-0.25, -0.2) is 0 Å². The summed E-state index contributed by atoms with van der Waals surface area (Å²) in [5.41, 5.74) is 2.19. The zero-order chi connectivity index (χ0) is 24.1. The summed E-state index contributed by atoms with van der Waals surface area (Å²) in [5, 5.41) is 14.1. The monoisotopic (exact) mass is 480 g/mol. The van der Waals surface area contributed by atoms with Crippen LogP contribution in [0.5, 0.6) is 0 Å². The number of carbonyl (C=O) groups excluding carboxylic acids is 1. The minimum Gasteiger partial charge on any atom is -0.442 e. The van der Waals surface area contributed by atoms with Crippen LogP contribution < -0.4 is 10.7 Å². The molecule has 1 atom stereocenters. The molecule has 7 nitrogen and oxygen atoms in total. The van der Waals surface area contributed by atoms with E-state index in [1.807, 2.05) is 42.5 Å². The topological polar surface area (TPSA) is 93.7 Å². The molecular weight excluding hydrogens is 456 g/mol. The molecule has 2 aromatic carbocycles. The van der Waals surface area contributed by atoms with Crippen LogP contribution in [0.15, 0.2) is 76.1 Å². The van der Waals surface area contributed by atoms with Crippen LogP contribution in [0.4, 0.5) is 0 Å². The summed E-state index contributed by atoms with van der Waals surface area (Å²) in [5.74, 6) is 0.209. The summed E-state index contributed by atoms with van der Waals surface area (Å²) < 4.78 is 13.1. The van der Waals surface area contributed by atoms with Crippen molar-refractivity contribution < 1.29 is 19.1 Å². The Morgan fingerprint density at radius 1 is 1.18 bits per heavy atom. The Hall–Kier alpha value is -3.39. The Bertz CT molecular complexity index is 1330. The number of carbonyl (C=O) groups is 1. The third kappa shape index (κ3) is 5.75. The van der Waals surface area contributed by atoms with Crippen molar-refractivity contribution in [2.75, 3.05) is 6.61 Å². The number of aromatic nitrogens is 1. The number of nitrogens with one attached hydrogen (secondary N) is 1. The van der Waals surface area contributed by atoms with Crippen LogP contribution in [0, 0.1) is 0 Å². The smallest absolute Gasteiger partial charge is 0.224 e. The van der Waals surface area contributed by atoms with Crippen LogP contribution in [0.25, 0.3) is 11.1 Å². The van der Waals surface area contributed by atoms with Gasteiger partial charge in [-0.3, -0.25) is 9.59 Å². The Morgan fingerprint density at radius 3 is 2.65 bits per heavy atom. The second kappa shape index (κ2) is 10.7. The lowest BCUT2D eigenvalue weighted by Crippen LogP contribution is -2.27. The third-order valence-electron chi connectivity index (χ3n) is 5.43. The van der Waals surface area contributed by atoms with Gasteiger partial charge in [0, 0.05) is 30.4 Å². The van der Waals surface area contributed by atoms with Crippen LogP contribution in [0.2, 0.25) is 5.02 Å². The molecule has 0 fully saturated rings. The number of pyridine rings is 1. The number of amides is 1. The maximum absolute atomic E-state index is 13.0. The third-order valence-corrected chi connectivity index (χ3v) is 5.68. The van der Waals surface area contributed by atoms with Gasteiger partial charge >= 0.3 is 0 Å². The molecule has 0 saturated carbocycles. The van der Waals surface area contributed by atoms with E-state index in [0.717, 1.165) is 11.1 Å². The largest absolute Gasteiger partial charge is 0.442 e. The summed E-state index contributed by atoms with van der Waals surface area (Å²) >= 11 is 5.88. The quantitative estimate of drug-likeness (QED) is 0.379. The number of fused-ring (bicyclic) bond motifs is 1. The lowest BCUT2D eigenvalue weighted by atomic mass is 10.1. The van der Waals surface area contributed by atoms with Gasteiger partial charge in [0.15, 0.2) is 5.43 Å². The molecule has 0 bridgehead atoms. The average Bonchev–Trinajstić information content (AvgIpc) is 3.27. The van der Waals surface area contributed by atoms with Crippen molar-refractivity contribution in [2.24, 2.45) is 7.05 Å². The fourth-order valence-corrected chi connectivity index (χ4v) is 3.78. The summed E-state index contributed by atoms with van der Waals surface area (Å²) in [4.78, 5) is 25.4. The van der Waals surface area contributed by atoms with E-state index in [9.17, 15) is 14.7 Å². The van der Waals surface area contributed by atoms with Crippen molar-refractivity contribution in [1.29, 1.82) is 0 Å². The summed E-state index contributed by atoms with van der Waals surface area (Å²) in [6.07, 6.45) is 0.811. The Labute approximate surface area is 201 Å². The SMILES string of the molecule is Cn1cc(CC(=O)NCc2ccc(Cl)cc2)c(=O)c2cc(COC[C@@H](O)c3ccccc3)oc21. The van der Waals surface area contributed by atoms with Crippen LogP contribution in [-0.2, 0) is 36.2 Å². The average molecular weight is 481 g/mol. The fraction of sp³-hybridized carbons (Fsp3) is 0.231. The van der Waals surface area contributed by atoms with E-state index in [2.05, 4.69) is 5.32 Å². The van der Waals surface area contributed by atoms with E-state index in [-0.39, 0.29) is 31.0 Å². The number of rotatable bonds is 9. The predicted molar refractivity (Wildman–Crippen MR) is 130 cm³/mol. The van der Waals surface area contributed by atoms with E-state index in [1.165, 1.54) is 0 Å². The molecule has 0 saturated heterocycles. The first-order valence-electron chi connectivity index (χ1n) is 10.8. The highest BCUT2D eigenvalue weighted by Crippen LogP contribution is 2.19.